The van der Waals surface area contributed by atoms with Gasteiger partial charge in [-0.3, -0.25) is 9.59 Å². The van der Waals surface area contributed by atoms with Crippen molar-refractivity contribution in [1.82, 2.24) is 10.2 Å². The van der Waals surface area contributed by atoms with Gasteiger partial charge in [-0.1, -0.05) is 72.8 Å². The lowest BCUT2D eigenvalue weighted by Crippen LogP contribution is -2.50. The molecule has 1 fully saturated rings. The number of amides is 2. The summed E-state index contributed by atoms with van der Waals surface area (Å²) in [5, 5.41) is 6.74. The average Bonchev–Trinajstić information content (AvgIpc) is 3.64. The average molecular weight is 606 g/mol. The van der Waals surface area contributed by atoms with E-state index in [0.29, 0.717) is 32.4 Å². The second-order valence-electron chi connectivity index (χ2n) is 12.0. The summed E-state index contributed by atoms with van der Waals surface area (Å²) in [5.41, 5.74) is 3.90. The van der Waals surface area contributed by atoms with Crippen LogP contribution in [0.5, 0.6) is 0 Å². The summed E-state index contributed by atoms with van der Waals surface area (Å²) in [4.78, 5) is 42.6. The molecule has 8 heteroatoms. The molecule has 0 spiro atoms. The number of piperidine rings is 1. The highest BCUT2D eigenvalue weighted by Gasteiger charge is 2.58. The third-order valence-corrected chi connectivity index (χ3v) is 9.15. The topological polar surface area (TPSA) is 97.0 Å². The number of carbonyl (C=O) groups is 3. The number of rotatable bonds is 9. The van der Waals surface area contributed by atoms with Gasteiger partial charge in [-0.2, -0.15) is 0 Å². The lowest BCUT2D eigenvalue weighted by Gasteiger charge is -2.36. The number of hydrogen-bond acceptors (Lipinski definition) is 6. The molecule has 6 rings (SSSR count). The van der Waals surface area contributed by atoms with Gasteiger partial charge in [0.25, 0.3) is 11.8 Å². The van der Waals surface area contributed by atoms with E-state index in [-0.39, 0.29) is 29.0 Å². The number of methoxy groups -OCH3 is 1. The van der Waals surface area contributed by atoms with Crippen molar-refractivity contribution in [2.24, 2.45) is 0 Å². The highest BCUT2D eigenvalue weighted by atomic mass is 16.5. The predicted octanol–water partition coefficient (Wildman–Crippen LogP) is 4.92. The number of hydrogen-bond donors (Lipinski definition) is 2. The van der Waals surface area contributed by atoms with Crippen molar-refractivity contribution < 1.29 is 23.9 Å². The molecule has 3 unspecified atom stereocenters. The molecule has 45 heavy (non-hydrogen) atoms. The molecule has 3 atom stereocenters. The van der Waals surface area contributed by atoms with E-state index in [1.165, 1.54) is 7.11 Å². The monoisotopic (exact) mass is 605 g/mol. The lowest BCUT2D eigenvalue weighted by molar-refractivity contribution is -0.138. The van der Waals surface area contributed by atoms with Crippen molar-refractivity contribution in [3.8, 4) is 0 Å². The van der Waals surface area contributed by atoms with Gasteiger partial charge in [0.1, 0.15) is 11.7 Å². The number of para-hydroxylation sites is 1. The number of nitrogens with zero attached hydrogens (tertiary/aromatic N) is 1. The maximum atomic E-state index is 14.0. The van der Waals surface area contributed by atoms with Crippen LogP contribution in [0.15, 0.2) is 102 Å². The van der Waals surface area contributed by atoms with E-state index in [2.05, 4.69) is 10.6 Å². The first kappa shape index (κ1) is 30.3. The van der Waals surface area contributed by atoms with E-state index < -0.39 is 23.7 Å². The van der Waals surface area contributed by atoms with Crippen molar-refractivity contribution >= 4 is 23.5 Å². The number of anilines is 1. The van der Waals surface area contributed by atoms with E-state index in [1.54, 1.807) is 0 Å². The number of esters is 1. The molecule has 3 aliphatic heterocycles. The predicted molar refractivity (Wildman–Crippen MR) is 173 cm³/mol. The standard InChI is InChI=1S/C37H39N3O5/c1-24-11-10-12-25(2)31(24)35(42)40-21-18-28(19-22-40)39-34(41)32-29-17-20-37(45-29,33(32)36(43)44-3)30(23-26-13-6-4-7-14-26)38-27-15-8-5-9-16-27/h4-17,20,28-30,38H,18-19,21-23H2,1-3H3,(H,39,41). The molecular weight excluding hydrogens is 566 g/mol. The van der Waals surface area contributed by atoms with Crippen LogP contribution in [-0.2, 0) is 25.5 Å². The molecule has 1 saturated heterocycles. The van der Waals surface area contributed by atoms with Crippen LogP contribution in [-0.4, -0.2) is 66.7 Å². The van der Waals surface area contributed by atoms with Crippen LogP contribution in [0.4, 0.5) is 5.69 Å². The fourth-order valence-corrected chi connectivity index (χ4v) is 6.85. The largest absolute Gasteiger partial charge is 0.466 e. The van der Waals surface area contributed by atoms with Gasteiger partial charge >= 0.3 is 5.97 Å². The Balaban J connectivity index is 1.24. The van der Waals surface area contributed by atoms with E-state index in [4.69, 9.17) is 9.47 Å². The Hall–Kier alpha value is -4.69. The molecule has 8 nitrogen and oxygen atoms in total. The molecule has 232 valence electrons. The highest BCUT2D eigenvalue weighted by Crippen LogP contribution is 2.47. The van der Waals surface area contributed by atoms with Gasteiger partial charge in [0.15, 0.2) is 0 Å². The number of fused-ring (bicyclic) bond motifs is 2. The zero-order valence-electron chi connectivity index (χ0n) is 25.9. The molecule has 2 N–H and O–H groups in total. The molecule has 0 saturated carbocycles. The zero-order valence-corrected chi connectivity index (χ0v) is 25.9. The second kappa shape index (κ2) is 12.7. The summed E-state index contributed by atoms with van der Waals surface area (Å²) >= 11 is 0. The van der Waals surface area contributed by atoms with Crippen molar-refractivity contribution in [2.45, 2.75) is 56.9 Å². The Kier molecular flexibility index (Phi) is 8.59. The fraction of sp³-hybridized carbons (Fsp3) is 0.324. The van der Waals surface area contributed by atoms with Crippen molar-refractivity contribution in [2.75, 3.05) is 25.5 Å². The Morgan fingerprint density at radius 3 is 2.22 bits per heavy atom. The van der Waals surface area contributed by atoms with Crippen LogP contribution in [0, 0.1) is 13.8 Å². The molecule has 0 aromatic heterocycles. The SMILES string of the molecule is COC(=O)C1=C(C(=O)NC2CCN(C(=O)c3c(C)cccc3C)CC2)C2C=CC1(C(Cc1ccccc1)Nc1ccccc1)O2. The Morgan fingerprint density at radius 1 is 0.933 bits per heavy atom. The van der Waals surface area contributed by atoms with Crippen LogP contribution in [0.2, 0.25) is 0 Å². The molecule has 3 aromatic carbocycles. The van der Waals surface area contributed by atoms with Gasteiger partial charge in [-0.25, -0.2) is 4.79 Å². The van der Waals surface area contributed by atoms with Crippen LogP contribution in [0.25, 0.3) is 0 Å². The Bertz CT molecular complexity index is 1580. The summed E-state index contributed by atoms with van der Waals surface area (Å²) in [5.74, 6) is -0.909. The number of ether oxygens (including phenoxy) is 2. The van der Waals surface area contributed by atoms with Gasteiger partial charge in [0.2, 0.25) is 0 Å². The minimum Gasteiger partial charge on any atom is -0.466 e. The quantitative estimate of drug-likeness (QED) is 0.266. The Morgan fingerprint density at radius 2 is 1.58 bits per heavy atom. The lowest BCUT2D eigenvalue weighted by atomic mass is 9.78. The van der Waals surface area contributed by atoms with Crippen molar-refractivity contribution in [3.63, 3.8) is 0 Å². The number of carbonyl (C=O) groups excluding carboxylic acids is 3. The van der Waals surface area contributed by atoms with Gasteiger partial charge in [0.05, 0.1) is 24.3 Å². The van der Waals surface area contributed by atoms with Gasteiger partial charge < -0.3 is 25.0 Å². The fourth-order valence-electron chi connectivity index (χ4n) is 6.85. The van der Waals surface area contributed by atoms with E-state index in [9.17, 15) is 14.4 Å². The molecule has 2 amide bonds. The normalized spacial score (nSPS) is 21.5. The molecule has 3 aliphatic rings. The first-order valence-corrected chi connectivity index (χ1v) is 15.5. The summed E-state index contributed by atoms with van der Waals surface area (Å²) in [6.45, 7) is 4.98. The highest BCUT2D eigenvalue weighted by molar-refractivity contribution is 6.07. The maximum absolute atomic E-state index is 14.0. The van der Waals surface area contributed by atoms with Crippen LogP contribution in [0.3, 0.4) is 0 Å². The second-order valence-corrected chi connectivity index (χ2v) is 12.0. The summed E-state index contributed by atoms with van der Waals surface area (Å²) in [6.07, 6.45) is 4.83. The third kappa shape index (κ3) is 5.90. The summed E-state index contributed by atoms with van der Waals surface area (Å²) in [7, 11) is 1.33. The van der Waals surface area contributed by atoms with Gasteiger partial charge in [0, 0.05) is 30.4 Å². The van der Waals surface area contributed by atoms with E-state index >= 15 is 0 Å². The minimum atomic E-state index is -1.21. The number of nitrogens with one attached hydrogen (secondary N) is 2. The number of benzene rings is 3. The van der Waals surface area contributed by atoms with Crippen molar-refractivity contribution in [3.05, 3.63) is 124 Å². The Labute approximate surface area is 264 Å². The smallest absolute Gasteiger partial charge is 0.337 e. The van der Waals surface area contributed by atoms with Crippen LogP contribution in [0.1, 0.15) is 39.9 Å². The first-order chi connectivity index (χ1) is 21.8. The molecule has 3 aromatic rings. The van der Waals surface area contributed by atoms with Gasteiger partial charge in [-0.05, 0) is 68.0 Å². The molecule has 0 aliphatic carbocycles. The number of likely N-dealkylation sites (tertiary alicyclic amines) is 1. The van der Waals surface area contributed by atoms with Crippen LogP contribution >= 0.6 is 0 Å². The van der Waals surface area contributed by atoms with Crippen molar-refractivity contribution in [1.29, 1.82) is 0 Å². The summed E-state index contributed by atoms with van der Waals surface area (Å²) in [6, 6.07) is 25.1. The molecule has 0 radical (unpaired) electrons. The zero-order chi connectivity index (χ0) is 31.6. The molecular formula is C37H39N3O5. The van der Waals surface area contributed by atoms with E-state index in [0.717, 1.165) is 27.9 Å². The molecule has 3 heterocycles. The summed E-state index contributed by atoms with van der Waals surface area (Å²) < 4.78 is 11.9. The van der Waals surface area contributed by atoms with E-state index in [1.807, 2.05) is 110 Å². The third-order valence-electron chi connectivity index (χ3n) is 9.15. The first-order valence-electron chi connectivity index (χ1n) is 15.5. The maximum Gasteiger partial charge on any atom is 0.337 e. The minimum absolute atomic E-state index is 0.0232. The van der Waals surface area contributed by atoms with Gasteiger partial charge in [-0.15, -0.1) is 0 Å². The van der Waals surface area contributed by atoms with Crippen LogP contribution < -0.4 is 10.6 Å². The number of aryl methyl sites for hydroxylation is 2. The molecule has 2 bridgehead atoms.